The van der Waals surface area contributed by atoms with E-state index in [4.69, 9.17) is 5.11 Å². The third kappa shape index (κ3) is 1.72. The molecule has 1 fully saturated rings. The first-order valence-electron chi connectivity index (χ1n) is 4.24. The predicted octanol–water partition coefficient (Wildman–Crippen LogP) is 0.697. The summed E-state index contributed by atoms with van der Waals surface area (Å²) in [6.45, 7) is 1.37. The first-order chi connectivity index (χ1) is 5.58. The van der Waals surface area contributed by atoms with Crippen LogP contribution in [0.25, 0.3) is 0 Å². The fourth-order valence-corrected chi connectivity index (χ4v) is 1.76. The number of ketones is 2. The van der Waals surface area contributed by atoms with Crippen LogP contribution < -0.4 is 0 Å². The first kappa shape index (κ1) is 9.39. The number of Topliss-reactive ketones (excluding diaryl/α,β-unsaturated/α-hetero) is 2. The summed E-state index contributed by atoms with van der Waals surface area (Å²) in [6.07, 6.45) is 2.48. The molecule has 0 aromatic heterocycles. The largest absolute Gasteiger partial charge is 0.389 e. The normalized spacial score (nSPS) is 29.3. The molecule has 12 heavy (non-hydrogen) atoms. The van der Waals surface area contributed by atoms with Crippen LogP contribution in [-0.4, -0.2) is 23.3 Å². The molecule has 1 rings (SSSR count). The molecule has 3 nitrogen and oxygen atoms in total. The van der Waals surface area contributed by atoms with Gasteiger partial charge in [0, 0.05) is 18.3 Å². The lowest BCUT2D eigenvalue weighted by Crippen LogP contribution is -2.26. The van der Waals surface area contributed by atoms with Gasteiger partial charge in [-0.15, -0.1) is 0 Å². The van der Waals surface area contributed by atoms with Crippen LogP contribution >= 0.6 is 0 Å². The lowest BCUT2D eigenvalue weighted by atomic mass is 9.83. The van der Waals surface area contributed by atoms with Crippen LogP contribution in [0.4, 0.5) is 0 Å². The van der Waals surface area contributed by atoms with Gasteiger partial charge in [0.15, 0.2) is 5.78 Å². The minimum absolute atomic E-state index is 0.171. The van der Waals surface area contributed by atoms with E-state index in [0.29, 0.717) is 6.42 Å². The van der Waals surface area contributed by atoms with Crippen molar-refractivity contribution in [3.8, 4) is 0 Å². The number of hydrogen-bond donors (Lipinski definition) is 1. The minimum Gasteiger partial charge on any atom is -0.389 e. The molecule has 0 amide bonds. The van der Waals surface area contributed by atoms with Gasteiger partial charge in [-0.1, -0.05) is 6.92 Å². The Bertz CT molecular complexity index is 210. The van der Waals surface area contributed by atoms with Crippen molar-refractivity contribution in [3.63, 3.8) is 0 Å². The van der Waals surface area contributed by atoms with Gasteiger partial charge in [-0.05, 0) is 12.8 Å². The minimum atomic E-state index is -0.472. The van der Waals surface area contributed by atoms with E-state index in [1.54, 1.807) is 0 Å². The number of aliphatic hydroxyl groups excluding tert-OH is 1. The van der Waals surface area contributed by atoms with Gasteiger partial charge in [0.05, 0.1) is 0 Å². The van der Waals surface area contributed by atoms with Gasteiger partial charge >= 0.3 is 0 Å². The number of rotatable bonds is 3. The summed E-state index contributed by atoms with van der Waals surface area (Å²) in [4.78, 5) is 22.2. The Kier molecular flexibility index (Phi) is 2.62. The third-order valence-corrected chi connectivity index (χ3v) is 2.57. The maximum Gasteiger partial charge on any atom is 0.159 e. The Morgan fingerprint density at radius 1 is 1.67 bits per heavy atom. The van der Waals surface area contributed by atoms with Crippen LogP contribution in [-0.2, 0) is 9.59 Å². The van der Waals surface area contributed by atoms with Crippen LogP contribution in [0.1, 0.15) is 32.6 Å². The molecule has 1 N–H and O–H groups in total. The quantitative estimate of drug-likeness (QED) is 0.678. The number of carbonyl (C=O) groups excluding carboxylic acids is 2. The average Bonchev–Trinajstić information content (AvgIpc) is 2.32. The summed E-state index contributed by atoms with van der Waals surface area (Å²) >= 11 is 0. The molecule has 1 saturated carbocycles. The SMILES string of the molecule is CC1(CC(=O)CO)CCCC1=O. The highest BCUT2D eigenvalue weighted by Crippen LogP contribution is 2.37. The van der Waals surface area contributed by atoms with E-state index in [2.05, 4.69) is 0 Å². The molecule has 0 heterocycles. The Balaban J connectivity index is 2.59. The van der Waals surface area contributed by atoms with E-state index in [1.165, 1.54) is 0 Å². The van der Waals surface area contributed by atoms with Gasteiger partial charge in [0.25, 0.3) is 0 Å². The summed E-state index contributed by atoms with van der Waals surface area (Å²) in [5.41, 5.74) is -0.472. The van der Waals surface area contributed by atoms with E-state index in [-0.39, 0.29) is 18.0 Å². The van der Waals surface area contributed by atoms with Crippen LogP contribution in [0.3, 0.4) is 0 Å². The van der Waals surface area contributed by atoms with E-state index >= 15 is 0 Å². The summed E-state index contributed by atoms with van der Waals surface area (Å²) in [7, 11) is 0. The van der Waals surface area contributed by atoms with Gasteiger partial charge < -0.3 is 5.11 Å². The van der Waals surface area contributed by atoms with Crippen LogP contribution in [0.5, 0.6) is 0 Å². The third-order valence-electron chi connectivity index (χ3n) is 2.57. The summed E-state index contributed by atoms with van der Waals surface area (Å²) in [5, 5.41) is 8.53. The summed E-state index contributed by atoms with van der Waals surface area (Å²) in [5.74, 6) is -0.0583. The van der Waals surface area contributed by atoms with Crippen molar-refractivity contribution in [2.45, 2.75) is 32.6 Å². The van der Waals surface area contributed by atoms with Crippen molar-refractivity contribution < 1.29 is 14.7 Å². The predicted molar refractivity (Wildman–Crippen MR) is 43.7 cm³/mol. The van der Waals surface area contributed by atoms with E-state index in [1.807, 2.05) is 6.92 Å². The van der Waals surface area contributed by atoms with Gasteiger partial charge in [-0.25, -0.2) is 0 Å². The highest BCUT2D eigenvalue weighted by Gasteiger charge is 2.38. The van der Waals surface area contributed by atoms with E-state index in [0.717, 1.165) is 12.8 Å². The van der Waals surface area contributed by atoms with E-state index < -0.39 is 12.0 Å². The monoisotopic (exact) mass is 170 g/mol. The second-order valence-corrected chi connectivity index (χ2v) is 3.71. The molecule has 0 saturated heterocycles. The fourth-order valence-electron chi connectivity index (χ4n) is 1.76. The Morgan fingerprint density at radius 3 is 2.75 bits per heavy atom. The van der Waals surface area contributed by atoms with Crippen LogP contribution in [0.2, 0.25) is 0 Å². The molecule has 0 aromatic carbocycles. The topological polar surface area (TPSA) is 54.4 Å². The van der Waals surface area contributed by atoms with Crippen molar-refractivity contribution in [1.29, 1.82) is 0 Å². The summed E-state index contributed by atoms with van der Waals surface area (Å²) in [6, 6.07) is 0. The van der Waals surface area contributed by atoms with Gasteiger partial charge in [-0.2, -0.15) is 0 Å². The lowest BCUT2D eigenvalue weighted by Gasteiger charge is -2.19. The molecule has 0 spiro atoms. The summed E-state index contributed by atoms with van der Waals surface area (Å²) < 4.78 is 0. The van der Waals surface area contributed by atoms with Crippen molar-refractivity contribution in [3.05, 3.63) is 0 Å². The highest BCUT2D eigenvalue weighted by molar-refractivity contribution is 5.92. The molecule has 1 unspecified atom stereocenters. The average molecular weight is 170 g/mol. The molecule has 3 heteroatoms. The standard InChI is InChI=1S/C9H14O3/c1-9(5-7(11)6-10)4-2-3-8(9)12/h10H,2-6H2,1H3. The van der Waals surface area contributed by atoms with Crippen molar-refractivity contribution in [2.24, 2.45) is 5.41 Å². The Hall–Kier alpha value is -0.700. The molecule has 1 aliphatic carbocycles. The second-order valence-electron chi connectivity index (χ2n) is 3.71. The second kappa shape index (κ2) is 3.35. The van der Waals surface area contributed by atoms with Crippen molar-refractivity contribution in [1.82, 2.24) is 0 Å². The lowest BCUT2D eigenvalue weighted by molar-refractivity contribution is -0.132. The zero-order valence-corrected chi connectivity index (χ0v) is 7.30. The number of hydrogen-bond acceptors (Lipinski definition) is 3. The zero-order chi connectivity index (χ0) is 9.19. The van der Waals surface area contributed by atoms with Gasteiger partial charge in [-0.3, -0.25) is 9.59 Å². The Labute approximate surface area is 71.8 Å². The van der Waals surface area contributed by atoms with Crippen molar-refractivity contribution in [2.75, 3.05) is 6.61 Å². The Morgan fingerprint density at radius 2 is 2.33 bits per heavy atom. The number of carbonyl (C=O) groups is 2. The molecule has 0 radical (unpaired) electrons. The molecule has 0 aromatic rings. The van der Waals surface area contributed by atoms with Crippen LogP contribution in [0, 0.1) is 5.41 Å². The zero-order valence-electron chi connectivity index (χ0n) is 7.30. The fraction of sp³-hybridized carbons (Fsp3) is 0.778. The first-order valence-corrected chi connectivity index (χ1v) is 4.24. The van der Waals surface area contributed by atoms with E-state index in [9.17, 15) is 9.59 Å². The van der Waals surface area contributed by atoms with Gasteiger partial charge in [0.2, 0.25) is 0 Å². The molecule has 0 bridgehead atoms. The maximum absolute atomic E-state index is 11.3. The molecular weight excluding hydrogens is 156 g/mol. The molecule has 1 aliphatic rings. The van der Waals surface area contributed by atoms with Crippen molar-refractivity contribution >= 4 is 11.6 Å². The molecular formula is C9H14O3. The maximum atomic E-state index is 11.3. The number of aliphatic hydroxyl groups is 1. The molecule has 1 atom stereocenters. The smallest absolute Gasteiger partial charge is 0.159 e. The van der Waals surface area contributed by atoms with Crippen LogP contribution in [0.15, 0.2) is 0 Å². The highest BCUT2D eigenvalue weighted by atomic mass is 16.3. The molecule has 68 valence electrons. The van der Waals surface area contributed by atoms with Gasteiger partial charge in [0.1, 0.15) is 12.4 Å². The molecule has 0 aliphatic heterocycles.